The molecule has 1 aromatic heterocycles. The van der Waals surface area contributed by atoms with Crippen molar-refractivity contribution < 1.29 is 9.59 Å². The number of nitrogens with zero attached hydrogens (tertiary/aromatic N) is 1. The van der Waals surface area contributed by atoms with Crippen LogP contribution < -0.4 is 5.32 Å². The van der Waals surface area contributed by atoms with E-state index in [-0.39, 0.29) is 23.9 Å². The molecule has 2 heterocycles. The lowest BCUT2D eigenvalue weighted by molar-refractivity contribution is -0.150. The molecular formula is C14H17BrN2O2S. The van der Waals surface area contributed by atoms with Gasteiger partial charge in [0.05, 0.1) is 6.54 Å². The number of halogens is 1. The van der Waals surface area contributed by atoms with Gasteiger partial charge >= 0.3 is 0 Å². The van der Waals surface area contributed by atoms with Gasteiger partial charge in [0, 0.05) is 9.35 Å². The molecule has 1 aromatic rings. The molecule has 3 rings (SSSR count). The van der Waals surface area contributed by atoms with Crippen LogP contribution >= 0.6 is 27.3 Å². The Kier molecular flexibility index (Phi) is 3.86. The minimum Gasteiger partial charge on any atom is -0.342 e. The standard InChI is InChI=1S/C14H17BrN2O2S/c1-2-10-13(18)16-12(8-3-4-8)14(19)17(10)7-11-9(15)5-6-20-11/h5-6,8,10,12H,2-4,7H2,1H3,(H,16,18). The molecule has 1 saturated heterocycles. The number of nitrogens with one attached hydrogen (secondary N) is 1. The van der Waals surface area contributed by atoms with E-state index in [1.807, 2.05) is 18.4 Å². The summed E-state index contributed by atoms with van der Waals surface area (Å²) in [6, 6.07) is 1.34. The van der Waals surface area contributed by atoms with Crippen molar-refractivity contribution in [1.29, 1.82) is 0 Å². The Bertz CT molecular complexity index is 541. The molecule has 2 fully saturated rings. The van der Waals surface area contributed by atoms with Crippen molar-refractivity contribution in [3.8, 4) is 0 Å². The largest absolute Gasteiger partial charge is 0.342 e. The van der Waals surface area contributed by atoms with Crippen molar-refractivity contribution in [3.05, 3.63) is 20.8 Å². The minimum absolute atomic E-state index is 0.00308. The average Bonchev–Trinajstić information content (AvgIpc) is 3.18. The van der Waals surface area contributed by atoms with E-state index in [1.54, 1.807) is 16.2 Å². The van der Waals surface area contributed by atoms with Crippen LogP contribution in [0.15, 0.2) is 15.9 Å². The molecular weight excluding hydrogens is 340 g/mol. The fourth-order valence-electron chi connectivity index (χ4n) is 2.72. The van der Waals surface area contributed by atoms with Crippen molar-refractivity contribution in [2.45, 2.75) is 44.8 Å². The summed E-state index contributed by atoms with van der Waals surface area (Å²) in [7, 11) is 0. The van der Waals surface area contributed by atoms with Crippen LogP contribution in [0.25, 0.3) is 0 Å². The highest BCUT2D eigenvalue weighted by Crippen LogP contribution is 2.36. The number of amides is 2. The molecule has 2 amide bonds. The zero-order valence-corrected chi connectivity index (χ0v) is 13.7. The van der Waals surface area contributed by atoms with Gasteiger partial charge in [0.25, 0.3) is 0 Å². The molecule has 0 aromatic carbocycles. The summed E-state index contributed by atoms with van der Waals surface area (Å²) in [6.07, 6.45) is 2.74. The highest BCUT2D eigenvalue weighted by atomic mass is 79.9. The van der Waals surface area contributed by atoms with Gasteiger partial charge in [-0.2, -0.15) is 0 Å². The van der Waals surface area contributed by atoms with E-state index in [1.165, 1.54) is 0 Å². The third kappa shape index (κ3) is 2.51. The Labute approximate surface area is 130 Å². The van der Waals surface area contributed by atoms with E-state index in [9.17, 15) is 9.59 Å². The maximum Gasteiger partial charge on any atom is 0.246 e. The SMILES string of the molecule is CCC1C(=O)NC(C2CC2)C(=O)N1Cc1sccc1Br. The number of hydrogen-bond acceptors (Lipinski definition) is 3. The second-order valence-corrected chi connectivity index (χ2v) is 7.26. The Morgan fingerprint density at radius 3 is 2.75 bits per heavy atom. The predicted molar refractivity (Wildman–Crippen MR) is 81.3 cm³/mol. The second kappa shape index (κ2) is 5.48. The van der Waals surface area contributed by atoms with Crippen LogP contribution in [0.1, 0.15) is 31.1 Å². The van der Waals surface area contributed by atoms with Crippen molar-refractivity contribution >= 4 is 39.1 Å². The van der Waals surface area contributed by atoms with Gasteiger partial charge in [-0.1, -0.05) is 6.92 Å². The number of carbonyl (C=O) groups is 2. The van der Waals surface area contributed by atoms with E-state index in [0.29, 0.717) is 18.9 Å². The van der Waals surface area contributed by atoms with Crippen LogP contribution in [-0.4, -0.2) is 28.8 Å². The van der Waals surface area contributed by atoms with Gasteiger partial charge in [0.1, 0.15) is 12.1 Å². The zero-order valence-electron chi connectivity index (χ0n) is 11.3. The predicted octanol–water partition coefficient (Wildman–Crippen LogP) is 2.53. The molecule has 1 aliphatic carbocycles. The normalized spacial score (nSPS) is 26.8. The van der Waals surface area contributed by atoms with Gasteiger partial charge in [0.15, 0.2) is 0 Å². The lowest BCUT2D eigenvalue weighted by Gasteiger charge is -2.38. The molecule has 2 aliphatic rings. The Morgan fingerprint density at radius 2 is 2.20 bits per heavy atom. The van der Waals surface area contributed by atoms with Crippen LogP contribution in [0.5, 0.6) is 0 Å². The summed E-state index contributed by atoms with van der Waals surface area (Å²) in [5.74, 6) is 0.425. The van der Waals surface area contributed by atoms with Crippen LogP contribution in [0.4, 0.5) is 0 Å². The smallest absolute Gasteiger partial charge is 0.246 e. The average molecular weight is 357 g/mol. The monoisotopic (exact) mass is 356 g/mol. The lowest BCUT2D eigenvalue weighted by atomic mass is 10.0. The Balaban J connectivity index is 1.84. The molecule has 1 aliphatic heterocycles. The fourth-order valence-corrected chi connectivity index (χ4v) is 4.20. The summed E-state index contributed by atoms with van der Waals surface area (Å²) >= 11 is 5.11. The minimum atomic E-state index is -0.341. The van der Waals surface area contributed by atoms with E-state index in [4.69, 9.17) is 0 Å². The molecule has 0 spiro atoms. The van der Waals surface area contributed by atoms with Crippen molar-refractivity contribution in [2.75, 3.05) is 0 Å². The quantitative estimate of drug-likeness (QED) is 0.900. The van der Waals surface area contributed by atoms with E-state index < -0.39 is 0 Å². The summed E-state index contributed by atoms with van der Waals surface area (Å²) in [5.41, 5.74) is 0. The topological polar surface area (TPSA) is 49.4 Å². The van der Waals surface area contributed by atoms with E-state index in [0.717, 1.165) is 22.2 Å². The maximum absolute atomic E-state index is 12.7. The van der Waals surface area contributed by atoms with Gasteiger partial charge in [-0.15, -0.1) is 11.3 Å². The third-order valence-electron chi connectivity index (χ3n) is 4.01. The van der Waals surface area contributed by atoms with E-state index in [2.05, 4.69) is 21.2 Å². The zero-order chi connectivity index (χ0) is 14.3. The molecule has 1 N–H and O–H groups in total. The number of thiophene rings is 1. The molecule has 2 unspecified atom stereocenters. The van der Waals surface area contributed by atoms with Crippen LogP contribution in [0, 0.1) is 5.92 Å². The second-order valence-electron chi connectivity index (χ2n) is 5.41. The first-order valence-electron chi connectivity index (χ1n) is 6.94. The molecule has 108 valence electrons. The first-order chi connectivity index (χ1) is 9.61. The number of rotatable bonds is 4. The van der Waals surface area contributed by atoms with Crippen LogP contribution in [0.3, 0.4) is 0 Å². The number of hydrogen-bond donors (Lipinski definition) is 1. The lowest BCUT2D eigenvalue weighted by Crippen LogP contribution is -2.63. The van der Waals surface area contributed by atoms with Crippen molar-refractivity contribution in [3.63, 3.8) is 0 Å². The highest BCUT2D eigenvalue weighted by Gasteiger charge is 2.46. The molecule has 4 nitrogen and oxygen atoms in total. The first-order valence-corrected chi connectivity index (χ1v) is 8.61. The Morgan fingerprint density at radius 1 is 1.45 bits per heavy atom. The van der Waals surface area contributed by atoms with Crippen LogP contribution in [-0.2, 0) is 16.1 Å². The van der Waals surface area contributed by atoms with Crippen LogP contribution in [0.2, 0.25) is 0 Å². The third-order valence-corrected chi connectivity index (χ3v) is 5.92. The Hall–Kier alpha value is -0.880. The fraction of sp³-hybridized carbons (Fsp3) is 0.571. The summed E-state index contributed by atoms with van der Waals surface area (Å²) in [4.78, 5) is 27.7. The number of piperazine rings is 1. The van der Waals surface area contributed by atoms with Gasteiger partial charge in [-0.3, -0.25) is 9.59 Å². The van der Waals surface area contributed by atoms with Gasteiger partial charge in [-0.25, -0.2) is 0 Å². The number of carbonyl (C=O) groups excluding carboxylic acids is 2. The maximum atomic E-state index is 12.7. The summed E-state index contributed by atoms with van der Waals surface area (Å²) < 4.78 is 1.01. The van der Waals surface area contributed by atoms with Gasteiger partial charge < -0.3 is 10.2 Å². The van der Waals surface area contributed by atoms with E-state index >= 15 is 0 Å². The molecule has 1 saturated carbocycles. The highest BCUT2D eigenvalue weighted by molar-refractivity contribution is 9.10. The molecule has 20 heavy (non-hydrogen) atoms. The summed E-state index contributed by atoms with van der Waals surface area (Å²) in [6.45, 7) is 2.47. The molecule has 0 bridgehead atoms. The van der Waals surface area contributed by atoms with Crippen molar-refractivity contribution in [1.82, 2.24) is 10.2 Å². The summed E-state index contributed by atoms with van der Waals surface area (Å²) in [5, 5.41) is 4.91. The van der Waals surface area contributed by atoms with Gasteiger partial charge in [-0.05, 0) is 52.6 Å². The van der Waals surface area contributed by atoms with Gasteiger partial charge in [0.2, 0.25) is 11.8 Å². The molecule has 6 heteroatoms. The molecule has 2 atom stereocenters. The molecule has 0 radical (unpaired) electrons. The van der Waals surface area contributed by atoms with Crippen molar-refractivity contribution in [2.24, 2.45) is 5.92 Å². The first kappa shape index (κ1) is 14.1.